The normalized spacial score (nSPS) is 11.6. The molecule has 0 atom stereocenters. The van der Waals surface area contributed by atoms with E-state index in [1.54, 1.807) is 35.3 Å². The summed E-state index contributed by atoms with van der Waals surface area (Å²) >= 11 is 16.4. The van der Waals surface area contributed by atoms with Crippen LogP contribution in [0.1, 0.15) is 0 Å². The molecule has 0 aliphatic heterocycles. The second kappa shape index (κ2) is 12.4. The molecule has 0 radical (unpaired) electrons. The first-order valence-electron chi connectivity index (χ1n) is 9.26. The topological polar surface area (TPSA) is 20.2 Å². The SMILES string of the molecule is OCC(CSc1ccccc1Br)(CSc1ccccc1Br)CSc1ccccc1Br. The maximum absolute atomic E-state index is 10.5. The number of aliphatic hydroxyl groups excluding tert-OH is 1. The lowest BCUT2D eigenvalue weighted by Crippen LogP contribution is -2.34. The van der Waals surface area contributed by atoms with Gasteiger partial charge in [0.2, 0.25) is 0 Å². The molecule has 7 heteroatoms. The number of aliphatic hydroxyl groups is 1. The van der Waals surface area contributed by atoms with Crippen LogP contribution in [0.3, 0.4) is 0 Å². The van der Waals surface area contributed by atoms with Gasteiger partial charge in [0.15, 0.2) is 0 Å². The molecular formula is C23H21Br3OS3. The van der Waals surface area contributed by atoms with Gasteiger partial charge in [-0.3, -0.25) is 0 Å². The molecule has 0 heterocycles. The van der Waals surface area contributed by atoms with Crippen LogP contribution in [-0.4, -0.2) is 29.0 Å². The van der Waals surface area contributed by atoms with E-state index in [1.807, 2.05) is 18.2 Å². The Bertz CT molecular complexity index is 847. The van der Waals surface area contributed by atoms with Crippen LogP contribution in [0.15, 0.2) is 101 Å². The van der Waals surface area contributed by atoms with E-state index in [4.69, 9.17) is 0 Å². The highest BCUT2D eigenvalue weighted by Crippen LogP contribution is 2.41. The van der Waals surface area contributed by atoms with Gasteiger partial charge in [-0.2, -0.15) is 0 Å². The smallest absolute Gasteiger partial charge is 0.0511 e. The van der Waals surface area contributed by atoms with E-state index in [0.29, 0.717) is 0 Å². The first-order chi connectivity index (χ1) is 14.5. The number of hydrogen-bond donors (Lipinski definition) is 1. The highest BCUT2D eigenvalue weighted by Gasteiger charge is 2.31. The third-order valence-electron chi connectivity index (χ3n) is 4.45. The average Bonchev–Trinajstić information content (AvgIpc) is 2.76. The molecule has 0 saturated carbocycles. The van der Waals surface area contributed by atoms with Crippen LogP contribution in [0.4, 0.5) is 0 Å². The Hall–Kier alpha value is 0.110. The standard InChI is InChI=1S/C23H21Br3OS3/c24-17-7-1-4-10-20(17)28-14-23(13-27,15-29-21-11-5-2-8-18(21)25)16-30-22-12-6-3-9-19(22)26/h1-12,27H,13-16H2. The van der Waals surface area contributed by atoms with Crippen molar-refractivity contribution in [1.82, 2.24) is 0 Å². The second-order valence-corrected chi connectivity index (χ2v) is 12.4. The van der Waals surface area contributed by atoms with Crippen molar-refractivity contribution < 1.29 is 5.11 Å². The Morgan fingerprint density at radius 3 is 1.13 bits per heavy atom. The molecule has 3 aromatic rings. The predicted molar refractivity (Wildman–Crippen MR) is 144 cm³/mol. The van der Waals surface area contributed by atoms with Gasteiger partial charge in [-0.05, 0) is 84.2 Å². The molecule has 0 aromatic heterocycles. The molecule has 3 aromatic carbocycles. The molecule has 158 valence electrons. The van der Waals surface area contributed by atoms with Gasteiger partial charge in [-0.25, -0.2) is 0 Å². The lowest BCUT2D eigenvalue weighted by Gasteiger charge is -2.31. The fourth-order valence-electron chi connectivity index (χ4n) is 2.64. The number of benzene rings is 3. The highest BCUT2D eigenvalue weighted by atomic mass is 79.9. The molecule has 0 fully saturated rings. The third kappa shape index (κ3) is 7.06. The van der Waals surface area contributed by atoms with Crippen molar-refractivity contribution in [2.24, 2.45) is 5.41 Å². The van der Waals surface area contributed by atoms with Gasteiger partial charge in [0, 0.05) is 50.8 Å². The van der Waals surface area contributed by atoms with Gasteiger partial charge in [0.1, 0.15) is 0 Å². The zero-order valence-corrected chi connectivity index (χ0v) is 23.3. The molecule has 1 nitrogen and oxygen atoms in total. The summed E-state index contributed by atoms with van der Waals surface area (Å²) in [5.41, 5.74) is -0.236. The van der Waals surface area contributed by atoms with Crippen LogP contribution in [0.2, 0.25) is 0 Å². The van der Waals surface area contributed by atoms with Crippen molar-refractivity contribution in [3.05, 3.63) is 86.2 Å². The largest absolute Gasteiger partial charge is 0.396 e. The van der Waals surface area contributed by atoms with Gasteiger partial charge in [0.05, 0.1) is 6.61 Å². The zero-order valence-electron chi connectivity index (χ0n) is 16.1. The van der Waals surface area contributed by atoms with E-state index in [1.165, 1.54) is 14.7 Å². The molecule has 0 aliphatic carbocycles. The number of rotatable bonds is 10. The van der Waals surface area contributed by atoms with Crippen molar-refractivity contribution in [2.75, 3.05) is 23.9 Å². The Balaban J connectivity index is 1.78. The first kappa shape index (κ1) is 24.7. The van der Waals surface area contributed by atoms with E-state index in [9.17, 15) is 5.11 Å². The maximum Gasteiger partial charge on any atom is 0.0511 e. The number of thioether (sulfide) groups is 3. The van der Waals surface area contributed by atoms with Gasteiger partial charge >= 0.3 is 0 Å². The van der Waals surface area contributed by atoms with Crippen LogP contribution in [-0.2, 0) is 0 Å². The lowest BCUT2D eigenvalue weighted by molar-refractivity contribution is 0.188. The van der Waals surface area contributed by atoms with Gasteiger partial charge < -0.3 is 5.11 Å². The van der Waals surface area contributed by atoms with E-state index in [2.05, 4.69) is 102 Å². The summed E-state index contributed by atoms with van der Waals surface area (Å²) in [5.74, 6) is 2.50. The molecular weight excluding hydrogens is 628 g/mol. The maximum atomic E-state index is 10.5. The van der Waals surface area contributed by atoms with Crippen LogP contribution in [0.5, 0.6) is 0 Å². The minimum atomic E-state index is -0.236. The molecule has 30 heavy (non-hydrogen) atoms. The highest BCUT2D eigenvalue weighted by molar-refractivity contribution is 9.11. The summed E-state index contributed by atoms with van der Waals surface area (Å²) in [4.78, 5) is 3.60. The molecule has 0 spiro atoms. The zero-order chi connectivity index (χ0) is 21.4. The van der Waals surface area contributed by atoms with Gasteiger partial charge in [-0.1, -0.05) is 36.4 Å². The van der Waals surface area contributed by atoms with Crippen molar-refractivity contribution in [3.8, 4) is 0 Å². The first-order valence-corrected chi connectivity index (χ1v) is 14.6. The van der Waals surface area contributed by atoms with Crippen LogP contribution >= 0.6 is 83.1 Å². The van der Waals surface area contributed by atoms with Crippen LogP contribution in [0.25, 0.3) is 0 Å². The Kier molecular flexibility index (Phi) is 10.2. The fourth-order valence-corrected chi connectivity index (χ4v) is 8.33. The molecule has 0 unspecified atom stereocenters. The number of halogens is 3. The molecule has 1 N–H and O–H groups in total. The second-order valence-electron chi connectivity index (χ2n) is 6.82. The Labute approximate surface area is 216 Å². The van der Waals surface area contributed by atoms with Crippen molar-refractivity contribution >= 4 is 83.1 Å². The lowest BCUT2D eigenvalue weighted by atomic mass is 9.97. The summed E-state index contributed by atoms with van der Waals surface area (Å²) in [6, 6.07) is 24.8. The van der Waals surface area contributed by atoms with E-state index in [-0.39, 0.29) is 12.0 Å². The molecule has 0 bridgehead atoms. The van der Waals surface area contributed by atoms with Crippen molar-refractivity contribution in [2.45, 2.75) is 14.7 Å². The van der Waals surface area contributed by atoms with E-state index < -0.39 is 0 Å². The molecule has 0 aliphatic rings. The summed E-state index contributed by atoms with van der Waals surface area (Å²) in [5, 5.41) is 10.5. The minimum Gasteiger partial charge on any atom is -0.396 e. The fraction of sp³-hybridized carbons (Fsp3) is 0.217. The Morgan fingerprint density at radius 2 is 0.867 bits per heavy atom. The van der Waals surface area contributed by atoms with Gasteiger partial charge in [0.25, 0.3) is 0 Å². The van der Waals surface area contributed by atoms with Crippen LogP contribution in [0, 0.1) is 5.41 Å². The summed E-state index contributed by atoms with van der Waals surface area (Å²) in [6.45, 7) is 0.138. The summed E-state index contributed by atoms with van der Waals surface area (Å²) in [6.07, 6.45) is 0. The van der Waals surface area contributed by atoms with E-state index >= 15 is 0 Å². The Morgan fingerprint density at radius 1 is 0.567 bits per heavy atom. The van der Waals surface area contributed by atoms with Crippen molar-refractivity contribution in [3.63, 3.8) is 0 Å². The average molecular weight is 649 g/mol. The monoisotopic (exact) mass is 646 g/mol. The third-order valence-corrected chi connectivity index (χ3v) is 11.6. The van der Waals surface area contributed by atoms with E-state index in [0.717, 1.165) is 30.7 Å². The van der Waals surface area contributed by atoms with Crippen LogP contribution < -0.4 is 0 Å². The summed E-state index contributed by atoms with van der Waals surface area (Å²) < 4.78 is 3.29. The number of hydrogen-bond acceptors (Lipinski definition) is 4. The minimum absolute atomic E-state index is 0.138. The molecule has 3 rings (SSSR count). The van der Waals surface area contributed by atoms with Gasteiger partial charge in [-0.15, -0.1) is 35.3 Å². The summed E-state index contributed by atoms with van der Waals surface area (Å²) in [7, 11) is 0. The van der Waals surface area contributed by atoms with Crippen molar-refractivity contribution in [1.29, 1.82) is 0 Å². The quantitative estimate of drug-likeness (QED) is 0.222. The molecule has 0 amide bonds. The predicted octanol–water partition coefficient (Wildman–Crippen LogP) is 8.63. The molecule has 0 saturated heterocycles.